The molecule has 1 N–H and O–H groups in total. The molecule has 0 bridgehead atoms. The molecule has 0 radical (unpaired) electrons. The summed E-state index contributed by atoms with van der Waals surface area (Å²) in [6, 6.07) is 9.54. The lowest BCUT2D eigenvalue weighted by Crippen LogP contribution is -2.23. The molecule has 4 nitrogen and oxygen atoms in total. The maximum Gasteiger partial charge on any atom is 0.236 e. The summed E-state index contributed by atoms with van der Waals surface area (Å²) in [6.45, 7) is 0. The molecule has 1 unspecified atom stereocenters. The number of nitrogens with zero attached hydrogens (tertiary/aromatic N) is 1. The average Bonchev–Trinajstić information content (AvgIpc) is 3.10. The number of nitro groups is 1. The van der Waals surface area contributed by atoms with Gasteiger partial charge in [-0.1, -0.05) is 36.4 Å². The third kappa shape index (κ3) is 2.60. The van der Waals surface area contributed by atoms with Gasteiger partial charge in [-0.05, 0) is 53.3 Å². The van der Waals surface area contributed by atoms with Crippen molar-refractivity contribution in [2.24, 2.45) is 0 Å². The number of aromatic amines is 1. The van der Waals surface area contributed by atoms with Crippen molar-refractivity contribution >= 4 is 11.1 Å². The van der Waals surface area contributed by atoms with E-state index in [0.29, 0.717) is 6.42 Å². The van der Waals surface area contributed by atoms with Gasteiger partial charge in [-0.15, -0.1) is 0 Å². The van der Waals surface area contributed by atoms with Crippen LogP contribution in [0.25, 0.3) is 11.1 Å². The van der Waals surface area contributed by atoms with Gasteiger partial charge >= 0.3 is 0 Å². The van der Waals surface area contributed by atoms with E-state index in [0.717, 1.165) is 40.8 Å². The second kappa shape index (κ2) is 5.96. The zero-order chi connectivity index (χ0) is 16.5. The Bertz CT molecular complexity index is 887. The zero-order valence-corrected chi connectivity index (χ0v) is 13.2. The van der Waals surface area contributed by atoms with E-state index in [1.807, 2.05) is 24.4 Å². The molecule has 0 saturated carbocycles. The quantitative estimate of drug-likeness (QED) is 0.674. The molecular weight excluding hydrogens is 300 g/mol. The summed E-state index contributed by atoms with van der Waals surface area (Å²) >= 11 is 0. The molecule has 1 aromatic carbocycles. The van der Waals surface area contributed by atoms with Gasteiger partial charge in [-0.2, -0.15) is 0 Å². The molecule has 0 aliphatic heterocycles. The standard InChI is InChI=1S/C20H18N2O2/c23-22(24)18-12-17-9-10-21-20(17)19(13-18)16-8-4-7-15(11-16)14-5-2-1-3-6-14/h2,4-11,13,18,21H,1,3,12H2. The Kier molecular flexibility index (Phi) is 3.65. The Morgan fingerprint density at radius 3 is 2.83 bits per heavy atom. The molecule has 24 heavy (non-hydrogen) atoms. The lowest BCUT2D eigenvalue weighted by molar-refractivity contribution is -0.508. The van der Waals surface area contributed by atoms with Gasteiger partial charge < -0.3 is 4.98 Å². The normalized spacial score (nSPS) is 19.4. The maximum atomic E-state index is 11.3. The third-order valence-corrected chi connectivity index (χ3v) is 4.66. The van der Waals surface area contributed by atoms with Crippen molar-refractivity contribution in [3.63, 3.8) is 0 Å². The number of fused-ring (bicyclic) bond motifs is 1. The number of aromatic nitrogens is 1. The molecule has 0 fully saturated rings. The zero-order valence-electron chi connectivity index (χ0n) is 13.2. The van der Waals surface area contributed by atoms with Gasteiger partial charge in [0.15, 0.2) is 0 Å². The maximum absolute atomic E-state index is 11.3. The molecular formula is C20H18N2O2. The average molecular weight is 318 g/mol. The first-order chi connectivity index (χ1) is 11.7. The highest BCUT2D eigenvalue weighted by Gasteiger charge is 2.28. The van der Waals surface area contributed by atoms with E-state index in [1.54, 1.807) is 6.08 Å². The van der Waals surface area contributed by atoms with Crippen molar-refractivity contribution in [2.45, 2.75) is 25.3 Å². The van der Waals surface area contributed by atoms with Crippen LogP contribution in [-0.2, 0) is 6.42 Å². The number of hydrogen-bond acceptors (Lipinski definition) is 2. The second-order valence-corrected chi connectivity index (χ2v) is 6.24. The number of benzene rings is 1. The van der Waals surface area contributed by atoms with Gasteiger partial charge in [-0.25, -0.2) is 0 Å². The van der Waals surface area contributed by atoms with Crippen LogP contribution in [0.1, 0.15) is 35.2 Å². The van der Waals surface area contributed by atoms with Crippen molar-refractivity contribution in [1.82, 2.24) is 4.98 Å². The highest BCUT2D eigenvalue weighted by Crippen LogP contribution is 2.33. The van der Waals surface area contributed by atoms with E-state index in [2.05, 4.69) is 35.3 Å². The van der Waals surface area contributed by atoms with Crippen LogP contribution in [0.2, 0.25) is 0 Å². The van der Waals surface area contributed by atoms with Crippen molar-refractivity contribution in [1.29, 1.82) is 0 Å². The van der Waals surface area contributed by atoms with Gasteiger partial charge in [-0.3, -0.25) is 10.1 Å². The van der Waals surface area contributed by atoms with E-state index in [1.165, 1.54) is 5.57 Å². The minimum absolute atomic E-state index is 0.202. The van der Waals surface area contributed by atoms with E-state index in [4.69, 9.17) is 0 Å². The largest absolute Gasteiger partial charge is 0.361 e. The Hall–Kier alpha value is -2.88. The topological polar surface area (TPSA) is 58.9 Å². The lowest BCUT2D eigenvalue weighted by Gasteiger charge is -2.18. The smallest absolute Gasteiger partial charge is 0.236 e. The van der Waals surface area contributed by atoms with Crippen LogP contribution >= 0.6 is 0 Å². The summed E-state index contributed by atoms with van der Waals surface area (Å²) in [7, 11) is 0. The first kappa shape index (κ1) is 14.7. The fraction of sp³-hybridized carbons (Fsp3) is 0.200. The summed E-state index contributed by atoms with van der Waals surface area (Å²) in [5.41, 5.74) is 6.32. The fourth-order valence-corrected chi connectivity index (χ4v) is 3.45. The Morgan fingerprint density at radius 2 is 2.04 bits per heavy atom. The van der Waals surface area contributed by atoms with Gasteiger partial charge in [0.05, 0.1) is 0 Å². The molecule has 120 valence electrons. The third-order valence-electron chi connectivity index (χ3n) is 4.66. The minimum atomic E-state index is -0.666. The van der Waals surface area contributed by atoms with E-state index in [9.17, 15) is 10.1 Å². The predicted molar refractivity (Wildman–Crippen MR) is 95.2 cm³/mol. The first-order valence-corrected chi connectivity index (χ1v) is 8.22. The molecule has 1 atom stereocenters. The predicted octanol–water partition coefficient (Wildman–Crippen LogP) is 4.38. The van der Waals surface area contributed by atoms with Crippen molar-refractivity contribution in [3.8, 4) is 0 Å². The van der Waals surface area contributed by atoms with Crippen molar-refractivity contribution in [2.75, 3.05) is 0 Å². The number of allylic oxidation sites excluding steroid dienone is 4. The highest BCUT2D eigenvalue weighted by atomic mass is 16.6. The molecule has 0 amide bonds. The summed E-state index contributed by atoms with van der Waals surface area (Å²) in [4.78, 5) is 14.4. The summed E-state index contributed by atoms with van der Waals surface area (Å²) < 4.78 is 0. The van der Waals surface area contributed by atoms with Crippen LogP contribution in [-0.4, -0.2) is 15.9 Å². The first-order valence-electron chi connectivity index (χ1n) is 8.22. The van der Waals surface area contributed by atoms with Crippen molar-refractivity contribution < 1.29 is 4.92 Å². The van der Waals surface area contributed by atoms with Crippen LogP contribution < -0.4 is 0 Å². The molecule has 2 aliphatic carbocycles. The highest BCUT2D eigenvalue weighted by molar-refractivity contribution is 5.84. The molecule has 4 heteroatoms. The SMILES string of the molecule is O=[N+]([O-])C1C=C(c2cccc(C3=CCCC=C3)c2)c2[nH]ccc2C1. The molecule has 0 spiro atoms. The Labute approximate surface area is 140 Å². The van der Waals surface area contributed by atoms with Crippen LogP contribution in [0.15, 0.2) is 60.8 Å². The number of nitrogens with one attached hydrogen (secondary N) is 1. The molecule has 2 aromatic rings. The monoisotopic (exact) mass is 318 g/mol. The minimum Gasteiger partial charge on any atom is -0.361 e. The van der Waals surface area contributed by atoms with Gasteiger partial charge in [0.2, 0.25) is 6.04 Å². The molecule has 1 heterocycles. The van der Waals surface area contributed by atoms with E-state index in [-0.39, 0.29) is 4.92 Å². The van der Waals surface area contributed by atoms with Crippen LogP contribution in [0.5, 0.6) is 0 Å². The van der Waals surface area contributed by atoms with Gasteiger partial charge in [0, 0.05) is 28.8 Å². The molecule has 0 saturated heterocycles. The Morgan fingerprint density at radius 1 is 1.17 bits per heavy atom. The molecule has 2 aliphatic rings. The van der Waals surface area contributed by atoms with E-state index >= 15 is 0 Å². The van der Waals surface area contributed by atoms with Crippen LogP contribution in [0.3, 0.4) is 0 Å². The lowest BCUT2D eigenvalue weighted by atomic mass is 9.88. The number of H-pyrrole nitrogens is 1. The second-order valence-electron chi connectivity index (χ2n) is 6.24. The fourth-order valence-electron chi connectivity index (χ4n) is 3.45. The van der Waals surface area contributed by atoms with E-state index < -0.39 is 6.04 Å². The van der Waals surface area contributed by atoms with Crippen LogP contribution in [0.4, 0.5) is 0 Å². The van der Waals surface area contributed by atoms with Crippen molar-refractivity contribution in [3.05, 3.63) is 93.3 Å². The number of hydrogen-bond donors (Lipinski definition) is 1. The summed E-state index contributed by atoms with van der Waals surface area (Å²) in [6.07, 6.45) is 12.8. The van der Waals surface area contributed by atoms with Gasteiger partial charge in [0.1, 0.15) is 0 Å². The summed E-state index contributed by atoms with van der Waals surface area (Å²) in [5, 5.41) is 11.3. The molecule has 1 aromatic heterocycles. The summed E-state index contributed by atoms with van der Waals surface area (Å²) in [5.74, 6) is 0. The van der Waals surface area contributed by atoms with Gasteiger partial charge in [0.25, 0.3) is 0 Å². The number of rotatable bonds is 3. The van der Waals surface area contributed by atoms with Crippen LogP contribution in [0, 0.1) is 10.1 Å². The Balaban J connectivity index is 1.78. The molecule has 4 rings (SSSR count).